The van der Waals surface area contributed by atoms with E-state index in [1.807, 2.05) is 30.3 Å². The molecule has 0 aliphatic carbocycles. The Bertz CT molecular complexity index is 1010. The van der Waals surface area contributed by atoms with Gasteiger partial charge in [-0.15, -0.1) is 10.2 Å². The zero-order valence-corrected chi connectivity index (χ0v) is 16.4. The van der Waals surface area contributed by atoms with Crippen molar-refractivity contribution in [3.63, 3.8) is 0 Å². The summed E-state index contributed by atoms with van der Waals surface area (Å²) >= 11 is 13.1. The van der Waals surface area contributed by atoms with Crippen LogP contribution in [-0.4, -0.2) is 21.1 Å². The second-order valence-electron chi connectivity index (χ2n) is 5.60. The number of H-pyrrole nitrogens is 1. The number of carbonyl (C=O) groups is 1. The van der Waals surface area contributed by atoms with Crippen molar-refractivity contribution in [1.82, 2.24) is 15.2 Å². The number of rotatable bonds is 5. The van der Waals surface area contributed by atoms with Gasteiger partial charge in [-0.05, 0) is 30.7 Å². The molecule has 3 aromatic rings. The molecule has 0 bridgehead atoms. The van der Waals surface area contributed by atoms with E-state index in [1.165, 1.54) is 0 Å². The first-order chi connectivity index (χ1) is 12.9. The molecule has 0 unspecified atom stereocenters. The summed E-state index contributed by atoms with van der Waals surface area (Å²) in [6.45, 7) is 1.56. The molecule has 3 rings (SSSR count). The van der Waals surface area contributed by atoms with Crippen LogP contribution in [0.3, 0.4) is 0 Å². The summed E-state index contributed by atoms with van der Waals surface area (Å²) in [7, 11) is 0. The van der Waals surface area contributed by atoms with Gasteiger partial charge >= 0.3 is 0 Å². The SMILES string of the molecule is Cc1nnc(S[C@H](C(=O)Nc2cc(Cl)cc(Cl)c2)c2ccccc2)[nH]c1=O. The van der Waals surface area contributed by atoms with E-state index in [0.29, 0.717) is 15.7 Å². The predicted octanol–water partition coefficient (Wildman–Crippen LogP) is 4.25. The van der Waals surface area contributed by atoms with E-state index in [0.717, 1.165) is 17.3 Å². The molecule has 138 valence electrons. The van der Waals surface area contributed by atoms with Crippen molar-refractivity contribution < 1.29 is 4.79 Å². The van der Waals surface area contributed by atoms with Crippen molar-refractivity contribution in [2.75, 3.05) is 5.32 Å². The number of nitrogens with one attached hydrogen (secondary N) is 2. The maximum atomic E-state index is 12.9. The number of thioether (sulfide) groups is 1. The minimum absolute atomic E-state index is 0.249. The van der Waals surface area contributed by atoms with Gasteiger partial charge in [-0.3, -0.25) is 14.6 Å². The highest BCUT2D eigenvalue weighted by molar-refractivity contribution is 8.00. The number of anilines is 1. The maximum absolute atomic E-state index is 12.9. The summed E-state index contributed by atoms with van der Waals surface area (Å²) in [5.74, 6) is -0.312. The lowest BCUT2D eigenvalue weighted by Crippen LogP contribution is -2.21. The van der Waals surface area contributed by atoms with Gasteiger partial charge in [0.25, 0.3) is 5.56 Å². The van der Waals surface area contributed by atoms with Gasteiger partial charge in [-0.2, -0.15) is 0 Å². The number of carbonyl (C=O) groups excluding carboxylic acids is 1. The van der Waals surface area contributed by atoms with E-state index in [1.54, 1.807) is 25.1 Å². The third kappa shape index (κ3) is 5.09. The van der Waals surface area contributed by atoms with Gasteiger partial charge < -0.3 is 5.32 Å². The lowest BCUT2D eigenvalue weighted by atomic mass is 10.1. The van der Waals surface area contributed by atoms with Gasteiger partial charge in [-0.25, -0.2) is 0 Å². The first kappa shape index (κ1) is 19.4. The second kappa shape index (κ2) is 8.56. The summed E-state index contributed by atoms with van der Waals surface area (Å²) in [4.78, 5) is 27.4. The smallest absolute Gasteiger partial charge is 0.273 e. The van der Waals surface area contributed by atoms with E-state index >= 15 is 0 Å². The van der Waals surface area contributed by atoms with Gasteiger partial charge in [0, 0.05) is 15.7 Å². The Morgan fingerprint density at radius 1 is 1.11 bits per heavy atom. The normalized spacial score (nSPS) is 11.8. The molecule has 6 nitrogen and oxygen atoms in total. The molecule has 0 spiro atoms. The van der Waals surface area contributed by atoms with Gasteiger partial charge in [0.05, 0.1) is 0 Å². The molecule has 2 aromatic carbocycles. The number of aromatic nitrogens is 3. The predicted molar refractivity (Wildman–Crippen MR) is 108 cm³/mol. The molecule has 0 radical (unpaired) electrons. The number of amides is 1. The Kier molecular flexibility index (Phi) is 6.15. The summed E-state index contributed by atoms with van der Waals surface area (Å²) < 4.78 is 0. The van der Waals surface area contributed by atoms with Crippen molar-refractivity contribution in [1.29, 1.82) is 0 Å². The summed E-state index contributed by atoms with van der Waals surface area (Å²) in [6.07, 6.45) is 0. The summed E-state index contributed by atoms with van der Waals surface area (Å²) in [5.41, 5.74) is 1.13. The van der Waals surface area contributed by atoms with Crippen LogP contribution in [0.2, 0.25) is 10.0 Å². The van der Waals surface area contributed by atoms with Crippen molar-refractivity contribution >= 4 is 46.6 Å². The molecule has 0 aliphatic heterocycles. The van der Waals surface area contributed by atoms with Crippen LogP contribution in [-0.2, 0) is 4.79 Å². The highest BCUT2D eigenvalue weighted by Crippen LogP contribution is 2.34. The van der Waals surface area contributed by atoms with Crippen LogP contribution in [0.1, 0.15) is 16.5 Å². The van der Waals surface area contributed by atoms with E-state index < -0.39 is 5.25 Å². The Labute approximate surface area is 169 Å². The Morgan fingerprint density at radius 2 is 1.78 bits per heavy atom. The molecular weight excluding hydrogens is 407 g/mol. The molecule has 1 atom stereocenters. The Morgan fingerprint density at radius 3 is 2.41 bits per heavy atom. The molecule has 2 N–H and O–H groups in total. The molecule has 1 amide bonds. The minimum atomic E-state index is -0.670. The third-order valence-electron chi connectivity index (χ3n) is 3.54. The molecular formula is C18H14Cl2N4O2S. The van der Waals surface area contributed by atoms with Crippen molar-refractivity contribution in [3.05, 3.63) is 80.2 Å². The topological polar surface area (TPSA) is 87.7 Å². The van der Waals surface area contributed by atoms with E-state index in [2.05, 4.69) is 20.5 Å². The number of hydrogen-bond acceptors (Lipinski definition) is 5. The monoisotopic (exact) mass is 420 g/mol. The quantitative estimate of drug-likeness (QED) is 0.602. The third-order valence-corrected chi connectivity index (χ3v) is 5.11. The van der Waals surface area contributed by atoms with Crippen LogP contribution in [0, 0.1) is 6.92 Å². The fourth-order valence-electron chi connectivity index (χ4n) is 2.28. The molecule has 1 aromatic heterocycles. The van der Waals surface area contributed by atoms with Crippen molar-refractivity contribution in [2.24, 2.45) is 0 Å². The highest BCUT2D eigenvalue weighted by atomic mass is 35.5. The van der Waals surface area contributed by atoms with Crippen LogP contribution in [0.4, 0.5) is 5.69 Å². The number of hydrogen-bond donors (Lipinski definition) is 2. The van der Waals surface area contributed by atoms with Gasteiger partial charge in [0.1, 0.15) is 10.9 Å². The zero-order valence-electron chi connectivity index (χ0n) is 14.1. The van der Waals surface area contributed by atoms with Crippen LogP contribution in [0.5, 0.6) is 0 Å². The van der Waals surface area contributed by atoms with Crippen LogP contribution in [0.15, 0.2) is 58.5 Å². The first-order valence-electron chi connectivity index (χ1n) is 7.84. The van der Waals surface area contributed by atoms with Crippen LogP contribution < -0.4 is 10.9 Å². The van der Waals surface area contributed by atoms with Crippen LogP contribution >= 0.6 is 35.0 Å². The second-order valence-corrected chi connectivity index (χ2v) is 7.57. The molecule has 0 aliphatic rings. The summed E-state index contributed by atoms with van der Waals surface area (Å²) in [6, 6.07) is 13.9. The largest absolute Gasteiger partial charge is 0.325 e. The average Bonchev–Trinajstić information content (AvgIpc) is 2.62. The fourth-order valence-corrected chi connectivity index (χ4v) is 3.73. The highest BCUT2D eigenvalue weighted by Gasteiger charge is 2.24. The number of benzene rings is 2. The lowest BCUT2D eigenvalue weighted by Gasteiger charge is -2.16. The molecule has 0 saturated carbocycles. The Balaban J connectivity index is 1.90. The van der Waals surface area contributed by atoms with E-state index in [9.17, 15) is 9.59 Å². The summed E-state index contributed by atoms with van der Waals surface area (Å²) in [5, 5.41) is 11.0. The first-order valence-corrected chi connectivity index (χ1v) is 9.48. The number of aryl methyl sites for hydroxylation is 1. The number of aromatic amines is 1. The standard InChI is InChI=1S/C18H14Cl2N4O2S/c1-10-16(25)22-18(24-23-10)27-15(11-5-3-2-4-6-11)17(26)21-14-8-12(19)7-13(20)9-14/h2-9,15H,1H3,(H,21,26)(H,22,24,25)/t15-/m0/s1. The van der Waals surface area contributed by atoms with Crippen LogP contribution in [0.25, 0.3) is 0 Å². The van der Waals surface area contributed by atoms with Crippen molar-refractivity contribution in [3.8, 4) is 0 Å². The molecule has 27 heavy (non-hydrogen) atoms. The maximum Gasteiger partial charge on any atom is 0.273 e. The molecule has 0 saturated heterocycles. The molecule has 1 heterocycles. The Hall–Kier alpha value is -2.35. The number of halogens is 2. The van der Waals surface area contributed by atoms with Gasteiger partial charge in [0.15, 0.2) is 5.16 Å². The van der Waals surface area contributed by atoms with E-state index in [4.69, 9.17) is 23.2 Å². The average molecular weight is 421 g/mol. The lowest BCUT2D eigenvalue weighted by molar-refractivity contribution is -0.115. The fraction of sp³-hybridized carbons (Fsp3) is 0.111. The van der Waals surface area contributed by atoms with Crippen molar-refractivity contribution in [2.45, 2.75) is 17.3 Å². The number of nitrogens with zero attached hydrogens (tertiary/aromatic N) is 2. The molecule has 9 heteroatoms. The van der Waals surface area contributed by atoms with Gasteiger partial charge in [0.2, 0.25) is 5.91 Å². The molecule has 0 fully saturated rings. The van der Waals surface area contributed by atoms with E-state index in [-0.39, 0.29) is 22.3 Å². The zero-order chi connectivity index (χ0) is 19.4. The minimum Gasteiger partial charge on any atom is -0.325 e. The van der Waals surface area contributed by atoms with Gasteiger partial charge in [-0.1, -0.05) is 65.3 Å².